The zero-order chi connectivity index (χ0) is 28.1. The summed E-state index contributed by atoms with van der Waals surface area (Å²) in [6, 6.07) is 22.4. The van der Waals surface area contributed by atoms with Crippen LogP contribution in [0.5, 0.6) is 0 Å². The number of hydrogen-bond donors (Lipinski definition) is 0. The number of aryl methyl sites for hydroxylation is 1. The van der Waals surface area contributed by atoms with Crippen LogP contribution >= 0.6 is 0 Å². The van der Waals surface area contributed by atoms with E-state index in [1.807, 2.05) is 19.1 Å². The van der Waals surface area contributed by atoms with Crippen LogP contribution in [-0.4, -0.2) is 62.4 Å². The Morgan fingerprint density at radius 1 is 0.707 bits per heavy atom. The first-order chi connectivity index (χ1) is 19.8. The summed E-state index contributed by atoms with van der Waals surface area (Å²) in [6.07, 6.45) is 5.79. The number of nitrogens with zero attached hydrogens (tertiary/aromatic N) is 4. The molecule has 2 saturated heterocycles. The lowest BCUT2D eigenvalue weighted by atomic mass is 9.96. The van der Waals surface area contributed by atoms with Gasteiger partial charge < -0.3 is 9.80 Å². The van der Waals surface area contributed by atoms with Gasteiger partial charge in [0.2, 0.25) is 10.0 Å². The van der Waals surface area contributed by atoms with E-state index in [2.05, 4.69) is 58.0 Å². The van der Waals surface area contributed by atoms with E-state index < -0.39 is 10.0 Å². The van der Waals surface area contributed by atoms with Gasteiger partial charge >= 0.3 is 0 Å². The molecule has 2 atom stereocenters. The lowest BCUT2D eigenvalue weighted by molar-refractivity contribution is 0.204. The molecular formula is C34H42N4O2S. The second-order valence-electron chi connectivity index (χ2n) is 12.6. The first kappa shape index (κ1) is 27.0. The highest BCUT2D eigenvalue weighted by Crippen LogP contribution is 2.33. The molecule has 0 spiro atoms. The molecule has 2 fully saturated rings. The molecule has 3 aromatic rings. The Balaban J connectivity index is 1.01. The third-order valence-electron chi connectivity index (χ3n) is 10.00. The lowest BCUT2D eigenvalue weighted by Gasteiger charge is -2.34. The van der Waals surface area contributed by atoms with Gasteiger partial charge in [0, 0.05) is 62.7 Å². The molecule has 4 aliphatic heterocycles. The molecule has 4 aliphatic rings. The van der Waals surface area contributed by atoms with Gasteiger partial charge in [-0.3, -0.25) is 4.90 Å². The van der Waals surface area contributed by atoms with Crippen LogP contribution in [0.15, 0.2) is 65.6 Å². The van der Waals surface area contributed by atoms with Crippen molar-refractivity contribution >= 4 is 21.4 Å². The molecule has 4 heterocycles. The van der Waals surface area contributed by atoms with Crippen molar-refractivity contribution in [1.82, 2.24) is 9.21 Å². The average Bonchev–Trinajstić information content (AvgIpc) is 3.65. The molecule has 0 aromatic heterocycles. The zero-order valence-electron chi connectivity index (χ0n) is 24.4. The molecule has 0 radical (unpaired) electrons. The summed E-state index contributed by atoms with van der Waals surface area (Å²) in [5.74, 6) is 0. The van der Waals surface area contributed by atoms with Crippen LogP contribution in [0, 0.1) is 6.92 Å². The maximum atomic E-state index is 13.2. The van der Waals surface area contributed by atoms with E-state index in [4.69, 9.17) is 0 Å². The van der Waals surface area contributed by atoms with Crippen molar-refractivity contribution in [3.05, 3.63) is 88.5 Å². The molecule has 0 amide bonds. The number of anilines is 2. The molecule has 6 nitrogen and oxygen atoms in total. The fraction of sp³-hybridized carbons (Fsp3) is 0.471. The lowest BCUT2D eigenvalue weighted by Crippen LogP contribution is -2.39. The summed E-state index contributed by atoms with van der Waals surface area (Å²) in [6.45, 7) is 10.9. The SMILES string of the molecule is Cc1ccc(S(=O)(=O)N2CCc3cc(N4CCc5cc(N6CCC(N7CCCC7C)C6)ccc5C4)ccc3C2)cc1. The number of likely N-dealkylation sites (tertiary alicyclic amines) is 1. The predicted molar refractivity (Wildman–Crippen MR) is 166 cm³/mol. The van der Waals surface area contributed by atoms with Gasteiger partial charge in [0.1, 0.15) is 0 Å². The fourth-order valence-electron chi connectivity index (χ4n) is 7.48. The van der Waals surface area contributed by atoms with Crippen LogP contribution in [-0.2, 0) is 36.0 Å². The standard InChI is InChI=1S/C34H42N4O2S/c1-25-5-11-34(12-6-25)41(39,40)37-19-14-28-21-31(10-8-30(28)23-37)35-17-13-27-20-32(9-7-29(27)22-35)36-18-15-33(24-36)38-16-3-4-26(38)2/h5-12,20-21,26,33H,3-4,13-19,22-24H2,1-2H3. The summed E-state index contributed by atoms with van der Waals surface area (Å²) in [5.41, 5.74) is 9.01. The van der Waals surface area contributed by atoms with Crippen LogP contribution in [0.25, 0.3) is 0 Å². The Morgan fingerprint density at radius 3 is 2.10 bits per heavy atom. The van der Waals surface area contributed by atoms with Crippen molar-refractivity contribution < 1.29 is 8.42 Å². The highest BCUT2D eigenvalue weighted by atomic mass is 32.2. The van der Waals surface area contributed by atoms with E-state index in [1.54, 1.807) is 16.4 Å². The monoisotopic (exact) mass is 570 g/mol. The summed E-state index contributed by atoms with van der Waals surface area (Å²) in [4.78, 5) is 8.21. The van der Waals surface area contributed by atoms with Gasteiger partial charge in [0.05, 0.1) is 4.90 Å². The summed E-state index contributed by atoms with van der Waals surface area (Å²) < 4.78 is 28.1. The molecule has 0 aliphatic carbocycles. The molecular weight excluding hydrogens is 528 g/mol. The van der Waals surface area contributed by atoms with Crippen LogP contribution < -0.4 is 9.80 Å². The van der Waals surface area contributed by atoms with Crippen molar-refractivity contribution in [3.8, 4) is 0 Å². The molecule has 41 heavy (non-hydrogen) atoms. The Kier molecular flexibility index (Phi) is 7.08. The van der Waals surface area contributed by atoms with Gasteiger partial charge in [-0.2, -0.15) is 4.31 Å². The zero-order valence-corrected chi connectivity index (χ0v) is 25.2. The maximum absolute atomic E-state index is 13.2. The first-order valence-electron chi connectivity index (χ1n) is 15.4. The van der Waals surface area contributed by atoms with Gasteiger partial charge in [-0.25, -0.2) is 8.42 Å². The average molecular weight is 571 g/mol. The largest absolute Gasteiger partial charge is 0.370 e. The first-order valence-corrected chi connectivity index (χ1v) is 16.9. The van der Waals surface area contributed by atoms with Crippen LogP contribution in [0.4, 0.5) is 11.4 Å². The molecule has 0 bridgehead atoms. The highest BCUT2D eigenvalue weighted by molar-refractivity contribution is 7.89. The van der Waals surface area contributed by atoms with E-state index in [9.17, 15) is 8.42 Å². The fourth-order valence-corrected chi connectivity index (χ4v) is 8.89. The third kappa shape index (κ3) is 5.17. The van der Waals surface area contributed by atoms with Gasteiger partial charge in [0.25, 0.3) is 0 Å². The Morgan fingerprint density at radius 2 is 1.39 bits per heavy atom. The number of sulfonamides is 1. The van der Waals surface area contributed by atoms with E-state index in [1.165, 1.54) is 53.9 Å². The summed E-state index contributed by atoms with van der Waals surface area (Å²) in [7, 11) is -3.49. The van der Waals surface area contributed by atoms with Gasteiger partial charge in [0.15, 0.2) is 0 Å². The maximum Gasteiger partial charge on any atom is 0.243 e. The Hall–Kier alpha value is -2.87. The smallest absolute Gasteiger partial charge is 0.243 e. The van der Waals surface area contributed by atoms with E-state index in [0.29, 0.717) is 24.0 Å². The van der Waals surface area contributed by atoms with Gasteiger partial charge in [-0.05, 0) is 111 Å². The minimum Gasteiger partial charge on any atom is -0.370 e. The van der Waals surface area contributed by atoms with Crippen molar-refractivity contribution in [1.29, 1.82) is 0 Å². The van der Waals surface area contributed by atoms with Crippen molar-refractivity contribution in [2.24, 2.45) is 0 Å². The highest BCUT2D eigenvalue weighted by Gasteiger charge is 2.33. The van der Waals surface area contributed by atoms with Crippen LogP contribution in [0.2, 0.25) is 0 Å². The van der Waals surface area contributed by atoms with E-state index >= 15 is 0 Å². The summed E-state index contributed by atoms with van der Waals surface area (Å²) >= 11 is 0. The molecule has 2 unspecified atom stereocenters. The van der Waals surface area contributed by atoms with Gasteiger partial charge in [-0.1, -0.05) is 29.8 Å². The normalized spacial score (nSPS) is 23.6. The van der Waals surface area contributed by atoms with Crippen molar-refractivity contribution in [3.63, 3.8) is 0 Å². The minimum absolute atomic E-state index is 0.379. The second-order valence-corrected chi connectivity index (χ2v) is 14.5. The molecule has 7 rings (SSSR count). The second kappa shape index (κ2) is 10.8. The number of fused-ring (bicyclic) bond motifs is 2. The molecule has 3 aromatic carbocycles. The number of hydrogen-bond acceptors (Lipinski definition) is 5. The Labute approximate surface area is 245 Å². The Bertz CT molecular complexity index is 1540. The van der Waals surface area contributed by atoms with E-state index in [-0.39, 0.29) is 0 Å². The van der Waals surface area contributed by atoms with Crippen LogP contribution in [0.1, 0.15) is 54.0 Å². The molecule has 7 heteroatoms. The third-order valence-corrected chi connectivity index (χ3v) is 11.9. The number of rotatable bonds is 5. The minimum atomic E-state index is -3.49. The molecule has 216 valence electrons. The van der Waals surface area contributed by atoms with Crippen LogP contribution in [0.3, 0.4) is 0 Å². The van der Waals surface area contributed by atoms with Crippen molar-refractivity contribution in [2.75, 3.05) is 42.5 Å². The van der Waals surface area contributed by atoms with Gasteiger partial charge in [-0.15, -0.1) is 0 Å². The van der Waals surface area contributed by atoms with E-state index in [0.717, 1.165) is 56.2 Å². The predicted octanol–water partition coefficient (Wildman–Crippen LogP) is 5.37. The quantitative estimate of drug-likeness (QED) is 0.413. The number of benzene rings is 3. The molecule has 0 N–H and O–H groups in total. The molecule has 0 saturated carbocycles. The summed E-state index contributed by atoms with van der Waals surface area (Å²) in [5, 5.41) is 0. The van der Waals surface area contributed by atoms with Crippen molar-refractivity contribution in [2.45, 2.75) is 76.0 Å². The topological polar surface area (TPSA) is 47.1 Å².